The van der Waals surface area contributed by atoms with Gasteiger partial charge in [0.15, 0.2) is 8.32 Å². The Morgan fingerprint density at radius 2 is 1.34 bits per heavy atom. The molecule has 1 heterocycles. The molecule has 1 aliphatic heterocycles. The van der Waals surface area contributed by atoms with E-state index >= 15 is 0 Å². The van der Waals surface area contributed by atoms with Gasteiger partial charge in [0.1, 0.15) is 5.66 Å². The van der Waals surface area contributed by atoms with Crippen molar-refractivity contribution < 1.29 is 4.43 Å². The Morgan fingerprint density at radius 1 is 0.906 bits per heavy atom. The molecule has 4 heteroatoms. The lowest BCUT2D eigenvalue weighted by Gasteiger charge is -2.39. The molecular formula is C28H40N2OSi. The van der Waals surface area contributed by atoms with Crippen LogP contribution in [0.2, 0.25) is 18.1 Å². The van der Waals surface area contributed by atoms with E-state index in [-0.39, 0.29) is 17.1 Å². The Bertz CT molecular complexity index is 862. The summed E-state index contributed by atoms with van der Waals surface area (Å²) >= 11 is 0. The Labute approximate surface area is 196 Å². The summed E-state index contributed by atoms with van der Waals surface area (Å²) in [5, 5.41) is 0.217. The van der Waals surface area contributed by atoms with Crippen molar-refractivity contribution >= 4 is 8.32 Å². The largest absolute Gasteiger partial charge is 0.417 e. The number of terminal acetylenes is 1. The van der Waals surface area contributed by atoms with Crippen LogP contribution >= 0.6 is 0 Å². The molecule has 0 aromatic heterocycles. The van der Waals surface area contributed by atoms with Gasteiger partial charge in [0.05, 0.1) is 12.1 Å². The van der Waals surface area contributed by atoms with Crippen LogP contribution in [0.15, 0.2) is 60.7 Å². The molecule has 0 amide bonds. The molecule has 0 bridgehead atoms. The van der Waals surface area contributed by atoms with E-state index in [0.717, 1.165) is 19.4 Å². The van der Waals surface area contributed by atoms with Crippen LogP contribution in [0.3, 0.4) is 0 Å². The summed E-state index contributed by atoms with van der Waals surface area (Å²) in [6.45, 7) is 12.2. The van der Waals surface area contributed by atoms with Crippen LogP contribution in [0.1, 0.15) is 56.8 Å². The summed E-state index contributed by atoms with van der Waals surface area (Å²) in [6.07, 6.45) is 8.11. The zero-order chi connectivity index (χ0) is 23.6. The van der Waals surface area contributed by atoms with E-state index in [2.05, 4.69) is 124 Å². The maximum Gasteiger partial charge on any atom is 0.191 e. The summed E-state index contributed by atoms with van der Waals surface area (Å²) in [4.78, 5) is 4.82. The highest BCUT2D eigenvalue weighted by molar-refractivity contribution is 6.74. The Morgan fingerprint density at radius 3 is 1.72 bits per heavy atom. The monoisotopic (exact) mass is 448 g/mol. The highest BCUT2D eigenvalue weighted by Crippen LogP contribution is 2.51. The van der Waals surface area contributed by atoms with Crippen molar-refractivity contribution in [3.63, 3.8) is 0 Å². The Kier molecular flexibility index (Phi) is 7.37. The lowest BCUT2D eigenvalue weighted by atomic mass is 9.93. The molecule has 1 saturated heterocycles. The summed E-state index contributed by atoms with van der Waals surface area (Å²) < 4.78 is 6.47. The quantitative estimate of drug-likeness (QED) is 0.274. The van der Waals surface area contributed by atoms with Gasteiger partial charge in [-0.3, -0.25) is 9.80 Å². The van der Waals surface area contributed by atoms with Gasteiger partial charge in [0, 0.05) is 6.61 Å². The molecule has 0 unspecified atom stereocenters. The van der Waals surface area contributed by atoms with Gasteiger partial charge in [-0.15, -0.1) is 6.42 Å². The second-order valence-corrected chi connectivity index (χ2v) is 15.4. The van der Waals surface area contributed by atoms with E-state index in [1.54, 1.807) is 0 Å². The molecular weight excluding hydrogens is 408 g/mol. The fraction of sp³-hybridized carbons (Fsp3) is 0.500. The molecule has 3 nitrogen and oxygen atoms in total. The fourth-order valence-electron chi connectivity index (χ4n) is 4.74. The molecule has 2 atom stereocenters. The topological polar surface area (TPSA) is 15.7 Å². The van der Waals surface area contributed by atoms with Gasteiger partial charge in [0.2, 0.25) is 0 Å². The van der Waals surface area contributed by atoms with Crippen LogP contribution in [0.25, 0.3) is 0 Å². The highest BCUT2D eigenvalue weighted by Gasteiger charge is 2.53. The molecule has 0 N–H and O–H groups in total. The summed E-state index contributed by atoms with van der Waals surface area (Å²) in [6, 6.07) is 21.9. The number of nitrogens with zero attached hydrogens (tertiary/aromatic N) is 2. The smallest absolute Gasteiger partial charge is 0.191 e. The average molecular weight is 449 g/mol. The number of benzene rings is 2. The first-order chi connectivity index (χ1) is 15.0. The molecule has 1 fully saturated rings. The molecule has 0 radical (unpaired) electrons. The van der Waals surface area contributed by atoms with Gasteiger partial charge in [-0.25, -0.2) is 0 Å². The minimum atomic E-state index is -1.76. The molecule has 0 aliphatic carbocycles. The number of hydrogen-bond acceptors (Lipinski definition) is 3. The van der Waals surface area contributed by atoms with Crippen LogP contribution in [0.4, 0.5) is 0 Å². The number of rotatable bonds is 7. The normalized spacial score (nSPS) is 22.1. The Hall–Kier alpha value is -1.90. The van der Waals surface area contributed by atoms with Crippen molar-refractivity contribution in [2.45, 2.75) is 69.5 Å². The van der Waals surface area contributed by atoms with Gasteiger partial charge in [-0.05, 0) is 56.2 Å². The van der Waals surface area contributed by atoms with E-state index in [4.69, 9.17) is 10.8 Å². The van der Waals surface area contributed by atoms with Crippen molar-refractivity contribution in [1.82, 2.24) is 9.80 Å². The van der Waals surface area contributed by atoms with E-state index in [1.165, 1.54) is 11.1 Å². The van der Waals surface area contributed by atoms with Crippen LogP contribution in [0, 0.1) is 12.3 Å². The highest BCUT2D eigenvalue weighted by atomic mass is 28.4. The van der Waals surface area contributed by atoms with Crippen LogP contribution in [-0.2, 0) is 4.43 Å². The van der Waals surface area contributed by atoms with Gasteiger partial charge >= 0.3 is 0 Å². The SMILES string of the molecule is C#CC1(CCCO[Si](C)(C)C(C)(C)C)N(C)[C@@H](c2ccccc2)[C@H](c2ccccc2)N1C. The van der Waals surface area contributed by atoms with Gasteiger partial charge in [-0.2, -0.15) is 0 Å². The van der Waals surface area contributed by atoms with Crippen molar-refractivity contribution in [2.75, 3.05) is 20.7 Å². The van der Waals surface area contributed by atoms with Crippen LogP contribution in [0.5, 0.6) is 0 Å². The van der Waals surface area contributed by atoms with Crippen LogP contribution in [-0.4, -0.2) is 44.5 Å². The second kappa shape index (κ2) is 9.53. The molecule has 1 aliphatic rings. The molecule has 2 aromatic carbocycles. The molecule has 172 valence electrons. The van der Waals surface area contributed by atoms with E-state index < -0.39 is 14.0 Å². The standard InChI is InChI=1S/C28H40N2OSi/c1-9-28(21-16-22-31-32(7,8)27(2,3)4)29(5)25(23-17-12-10-13-18-23)26(30(28)6)24-19-14-11-15-20-24/h1,10-15,17-20,25-26H,16,21-22H2,2-8H3/t25-,26-/m0/s1. The first kappa shape index (κ1) is 24.7. The minimum absolute atomic E-state index is 0.181. The maximum absolute atomic E-state index is 6.47. The number of likely N-dealkylation sites (N-methyl/N-ethyl adjacent to an activating group) is 2. The fourth-order valence-corrected chi connectivity index (χ4v) is 5.82. The van der Waals surface area contributed by atoms with Crippen molar-refractivity contribution in [3.8, 4) is 12.3 Å². The first-order valence-electron chi connectivity index (χ1n) is 11.7. The maximum atomic E-state index is 6.47. The average Bonchev–Trinajstić information content (AvgIpc) is 2.99. The number of hydrogen-bond donors (Lipinski definition) is 0. The second-order valence-electron chi connectivity index (χ2n) is 10.6. The first-order valence-corrected chi connectivity index (χ1v) is 14.6. The van der Waals surface area contributed by atoms with E-state index in [0.29, 0.717) is 0 Å². The van der Waals surface area contributed by atoms with Crippen molar-refractivity contribution in [3.05, 3.63) is 71.8 Å². The third-order valence-corrected chi connectivity index (χ3v) is 12.3. The third-order valence-electron chi connectivity index (χ3n) is 7.75. The predicted molar refractivity (Wildman–Crippen MR) is 138 cm³/mol. The zero-order valence-electron chi connectivity index (χ0n) is 20.9. The molecule has 0 spiro atoms. The van der Waals surface area contributed by atoms with E-state index in [1.807, 2.05) is 0 Å². The van der Waals surface area contributed by atoms with Gasteiger partial charge < -0.3 is 4.43 Å². The zero-order valence-corrected chi connectivity index (χ0v) is 21.9. The predicted octanol–water partition coefficient (Wildman–Crippen LogP) is 6.48. The van der Waals surface area contributed by atoms with Gasteiger partial charge in [-0.1, -0.05) is 87.4 Å². The van der Waals surface area contributed by atoms with Gasteiger partial charge in [0.25, 0.3) is 0 Å². The lowest BCUT2D eigenvalue weighted by molar-refractivity contribution is 0.0722. The lowest BCUT2D eigenvalue weighted by Crippen LogP contribution is -2.50. The molecule has 2 aromatic rings. The van der Waals surface area contributed by atoms with Crippen molar-refractivity contribution in [2.24, 2.45) is 0 Å². The summed E-state index contributed by atoms with van der Waals surface area (Å²) in [5.74, 6) is 3.21. The van der Waals surface area contributed by atoms with Crippen molar-refractivity contribution in [1.29, 1.82) is 0 Å². The van der Waals surface area contributed by atoms with E-state index in [9.17, 15) is 0 Å². The Balaban J connectivity index is 1.88. The molecule has 3 rings (SSSR count). The van der Waals surface area contributed by atoms with Crippen LogP contribution < -0.4 is 0 Å². The third kappa shape index (κ3) is 4.58. The summed E-state index contributed by atoms with van der Waals surface area (Å²) in [5.41, 5.74) is 2.13. The molecule has 32 heavy (non-hydrogen) atoms. The minimum Gasteiger partial charge on any atom is -0.417 e. The summed E-state index contributed by atoms with van der Waals surface area (Å²) in [7, 11) is 2.61. The molecule has 0 saturated carbocycles.